The van der Waals surface area contributed by atoms with Gasteiger partial charge in [-0.25, -0.2) is 22.2 Å². The first-order chi connectivity index (χ1) is 13.2. The summed E-state index contributed by atoms with van der Waals surface area (Å²) in [5, 5.41) is 5.02. The smallest absolute Gasteiger partial charge is 0.267 e. The largest absolute Gasteiger partial charge is 0.268 e. The number of pyridine rings is 1. The average molecular weight is 423 g/mol. The summed E-state index contributed by atoms with van der Waals surface area (Å²) in [6.07, 6.45) is 4.60. The fraction of sp³-hybridized carbons (Fsp3) is 0.278. The Bertz CT molecular complexity index is 1240. The average Bonchev–Trinajstić information content (AvgIpc) is 3.37. The van der Waals surface area contributed by atoms with Crippen LogP contribution in [0.5, 0.6) is 0 Å². The van der Waals surface area contributed by atoms with Gasteiger partial charge in [0.25, 0.3) is 5.91 Å². The molecule has 28 heavy (non-hydrogen) atoms. The fourth-order valence-corrected chi connectivity index (χ4v) is 3.91. The van der Waals surface area contributed by atoms with Crippen LogP contribution in [0.15, 0.2) is 24.4 Å². The van der Waals surface area contributed by atoms with E-state index in [1.165, 1.54) is 16.8 Å². The third kappa shape index (κ3) is 3.35. The standard InChI is InChI=1S/C18H16ClFN4O3S/c1-9-15-14(6-5-12(16(15)20)18(25)23-28(2,26)27)24(22-9)11-7-13(19)17(21-8-11)10-3-4-10/h5-8,10H,3-4H2,1-2H3,(H,23,25). The maximum Gasteiger partial charge on any atom is 0.267 e. The second kappa shape index (κ2) is 6.52. The van der Waals surface area contributed by atoms with Gasteiger partial charge in [0.2, 0.25) is 10.0 Å². The summed E-state index contributed by atoms with van der Waals surface area (Å²) >= 11 is 6.34. The predicted molar refractivity (Wildman–Crippen MR) is 103 cm³/mol. The van der Waals surface area contributed by atoms with E-state index in [9.17, 15) is 17.6 Å². The van der Waals surface area contributed by atoms with Gasteiger partial charge in [0.05, 0.1) is 51.0 Å². The number of nitrogens with zero attached hydrogens (tertiary/aromatic N) is 3. The van der Waals surface area contributed by atoms with Crippen LogP contribution in [0.25, 0.3) is 16.6 Å². The second-order valence-electron chi connectivity index (χ2n) is 6.86. The number of aromatic nitrogens is 3. The molecule has 0 bridgehead atoms. The number of halogens is 2. The molecule has 2 aromatic heterocycles. The summed E-state index contributed by atoms with van der Waals surface area (Å²) in [4.78, 5) is 16.5. The van der Waals surface area contributed by atoms with Crippen LogP contribution in [0.4, 0.5) is 4.39 Å². The lowest BCUT2D eigenvalue weighted by Gasteiger charge is -2.08. The number of carbonyl (C=O) groups excluding carboxylic acids is 1. The molecule has 1 N–H and O–H groups in total. The number of rotatable bonds is 4. The van der Waals surface area contributed by atoms with Gasteiger partial charge in [-0.2, -0.15) is 5.10 Å². The molecule has 0 saturated heterocycles. The van der Waals surface area contributed by atoms with Crippen molar-refractivity contribution in [1.29, 1.82) is 0 Å². The number of fused-ring (bicyclic) bond motifs is 1. The van der Waals surface area contributed by atoms with Gasteiger partial charge in [-0.3, -0.25) is 9.78 Å². The molecule has 1 fully saturated rings. The minimum Gasteiger partial charge on any atom is -0.268 e. The van der Waals surface area contributed by atoms with E-state index < -0.39 is 21.7 Å². The first-order valence-electron chi connectivity index (χ1n) is 8.51. The summed E-state index contributed by atoms with van der Waals surface area (Å²) in [6, 6.07) is 4.47. The van der Waals surface area contributed by atoms with Crippen molar-refractivity contribution in [3.63, 3.8) is 0 Å². The minimum absolute atomic E-state index is 0.128. The normalized spacial score (nSPS) is 14.4. The quantitative estimate of drug-likeness (QED) is 0.697. The molecule has 146 valence electrons. The van der Waals surface area contributed by atoms with Crippen molar-refractivity contribution in [2.45, 2.75) is 25.7 Å². The van der Waals surface area contributed by atoms with Crippen LogP contribution >= 0.6 is 11.6 Å². The summed E-state index contributed by atoms with van der Waals surface area (Å²) in [7, 11) is -3.81. The molecule has 0 atom stereocenters. The highest BCUT2D eigenvalue weighted by Crippen LogP contribution is 2.42. The number of sulfonamides is 1. The van der Waals surface area contributed by atoms with Gasteiger partial charge < -0.3 is 0 Å². The molecule has 3 aromatic rings. The molecule has 0 aliphatic heterocycles. The van der Waals surface area contributed by atoms with Crippen molar-refractivity contribution < 1.29 is 17.6 Å². The van der Waals surface area contributed by atoms with Gasteiger partial charge in [-0.1, -0.05) is 11.6 Å². The highest BCUT2D eigenvalue weighted by atomic mass is 35.5. The number of carbonyl (C=O) groups is 1. The van der Waals surface area contributed by atoms with Crippen molar-refractivity contribution in [1.82, 2.24) is 19.5 Å². The molecular weight excluding hydrogens is 407 g/mol. The van der Waals surface area contributed by atoms with Crippen LogP contribution in [0.1, 0.15) is 40.5 Å². The molecule has 10 heteroatoms. The lowest BCUT2D eigenvalue weighted by Crippen LogP contribution is -2.30. The second-order valence-corrected chi connectivity index (χ2v) is 9.01. The topological polar surface area (TPSA) is 93.9 Å². The van der Waals surface area contributed by atoms with Gasteiger partial charge >= 0.3 is 0 Å². The molecule has 1 aliphatic carbocycles. The number of amides is 1. The van der Waals surface area contributed by atoms with Crippen LogP contribution in [-0.4, -0.2) is 35.3 Å². The van der Waals surface area contributed by atoms with Crippen molar-refractivity contribution >= 4 is 38.4 Å². The molecule has 1 amide bonds. The van der Waals surface area contributed by atoms with Crippen LogP contribution < -0.4 is 4.72 Å². The molecule has 0 radical (unpaired) electrons. The number of benzene rings is 1. The fourth-order valence-electron chi connectivity index (χ4n) is 3.15. The summed E-state index contributed by atoms with van der Waals surface area (Å²) in [6.45, 7) is 1.60. The van der Waals surface area contributed by atoms with E-state index in [0.717, 1.165) is 24.8 Å². The number of hydrogen-bond acceptors (Lipinski definition) is 5. The van der Waals surface area contributed by atoms with E-state index in [-0.39, 0.29) is 10.9 Å². The van der Waals surface area contributed by atoms with Gasteiger partial charge in [0.1, 0.15) is 5.82 Å². The zero-order valence-electron chi connectivity index (χ0n) is 15.0. The Kier molecular flexibility index (Phi) is 4.39. The Balaban J connectivity index is 1.81. The molecule has 1 aliphatic rings. The minimum atomic E-state index is -3.81. The van der Waals surface area contributed by atoms with Crippen molar-refractivity contribution in [2.75, 3.05) is 6.26 Å². The van der Waals surface area contributed by atoms with E-state index in [2.05, 4.69) is 10.1 Å². The zero-order chi connectivity index (χ0) is 20.2. The molecule has 1 saturated carbocycles. The Morgan fingerprint density at radius 2 is 2.07 bits per heavy atom. The maximum absolute atomic E-state index is 15.0. The first kappa shape index (κ1) is 18.8. The summed E-state index contributed by atoms with van der Waals surface area (Å²) in [5.41, 5.74) is 1.82. The highest BCUT2D eigenvalue weighted by molar-refractivity contribution is 7.89. The van der Waals surface area contributed by atoms with E-state index in [1.807, 2.05) is 0 Å². The Morgan fingerprint density at radius 3 is 2.68 bits per heavy atom. The molecule has 7 nitrogen and oxygen atoms in total. The highest BCUT2D eigenvalue weighted by Gasteiger charge is 2.28. The molecule has 2 heterocycles. The molecule has 0 unspecified atom stereocenters. The summed E-state index contributed by atoms with van der Waals surface area (Å²) in [5.74, 6) is -1.48. The lowest BCUT2D eigenvalue weighted by molar-refractivity contribution is 0.0978. The van der Waals surface area contributed by atoms with Crippen LogP contribution in [-0.2, 0) is 10.0 Å². The number of aryl methyl sites for hydroxylation is 1. The van der Waals surface area contributed by atoms with Gasteiger partial charge in [-0.05, 0) is 38.0 Å². The van der Waals surface area contributed by atoms with Gasteiger partial charge in [0, 0.05) is 5.92 Å². The van der Waals surface area contributed by atoms with E-state index in [0.29, 0.717) is 27.8 Å². The van der Waals surface area contributed by atoms with Crippen LogP contribution in [0.2, 0.25) is 5.02 Å². The third-order valence-corrected chi connectivity index (χ3v) is 5.41. The van der Waals surface area contributed by atoms with E-state index in [4.69, 9.17) is 11.6 Å². The first-order valence-corrected chi connectivity index (χ1v) is 10.8. The van der Waals surface area contributed by atoms with Crippen molar-refractivity contribution in [3.05, 3.63) is 52.2 Å². The van der Waals surface area contributed by atoms with E-state index >= 15 is 0 Å². The van der Waals surface area contributed by atoms with Crippen molar-refractivity contribution in [3.8, 4) is 5.69 Å². The van der Waals surface area contributed by atoms with Crippen LogP contribution in [0.3, 0.4) is 0 Å². The predicted octanol–water partition coefficient (Wildman–Crippen LogP) is 3.09. The molecular formula is C18H16ClFN4O3S. The lowest BCUT2D eigenvalue weighted by atomic mass is 10.1. The van der Waals surface area contributed by atoms with Gasteiger partial charge in [-0.15, -0.1) is 0 Å². The number of hydrogen-bond donors (Lipinski definition) is 1. The van der Waals surface area contributed by atoms with Crippen LogP contribution in [0, 0.1) is 12.7 Å². The maximum atomic E-state index is 15.0. The monoisotopic (exact) mass is 422 g/mol. The SMILES string of the molecule is Cc1nn(-c2cnc(C3CC3)c(Cl)c2)c2ccc(C(=O)NS(C)(=O)=O)c(F)c12. The molecule has 1 aromatic carbocycles. The Labute approximate surface area is 165 Å². The van der Waals surface area contributed by atoms with Crippen molar-refractivity contribution in [2.24, 2.45) is 0 Å². The summed E-state index contributed by atoms with van der Waals surface area (Å²) < 4.78 is 40.8. The Hall–Kier alpha value is -2.52. The van der Waals surface area contributed by atoms with E-state index in [1.54, 1.807) is 23.9 Å². The molecule has 0 spiro atoms. The zero-order valence-corrected chi connectivity index (χ0v) is 16.6. The molecule has 4 rings (SSSR count). The third-order valence-electron chi connectivity index (χ3n) is 4.55. The Morgan fingerprint density at radius 1 is 1.36 bits per heavy atom. The number of nitrogens with one attached hydrogen (secondary N) is 1. The van der Waals surface area contributed by atoms with Gasteiger partial charge in [0.15, 0.2) is 0 Å².